The maximum absolute atomic E-state index is 12.5. The van der Waals surface area contributed by atoms with E-state index in [0.717, 1.165) is 34.9 Å². The van der Waals surface area contributed by atoms with E-state index in [-0.39, 0.29) is 5.91 Å². The number of carbonyl (C=O) groups excluding carboxylic acids is 1. The summed E-state index contributed by atoms with van der Waals surface area (Å²) in [6.07, 6.45) is 3.76. The predicted octanol–water partition coefficient (Wildman–Crippen LogP) is 4.89. The Balaban J connectivity index is 1.26. The number of hydrogen-bond acceptors (Lipinski definition) is 5. The molecule has 6 nitrogen and oxygen atoms in total. The lowest BCUT2D eigenvalue weighted by atomic mass is 10.1. The molecule has 0 saturated carbocycles. The molecule has 1 amide bonds. The van der Waals surface area contributed by atoms with Gasteiger partial charge in [-0.15, -0.1) is 11.3 Å². The van der Waals surface area contributed by atoms with Crippen molar-refractivity contribution >= 4 is 17.2 Å². The summed E-state index contributed by atoms with van der Waals surface area (Å²) in [5.74, 6) is 0.559. The Bertz CT molecular complexity index is 1180. The molecule has 2 aromatic carbocycles. The molecule has 1 N–H and O–H groups in total. The normalized spacial score (nSPS) is 10.8. The lowest BCUT2D eigenvalue weighted by molar-refractivity contribution is 0.0952. The van der Waals surface area contributed by atoms with E-state index in [1.165, 1.54) is 5.56 Å². The first kappa shape index (κ1) is 21.8. The van der Waals surface area contributed by atoms with Crippen LogP contribution >= 0.6 is 11.3 Å². The number of hydrogen-bond donors (Lipinski definition) is 1. The van der Waals surface area contributed by atoms with Crippen molar-refractivity contribution in [2.24, 2.45) is 0 Å². The van der Waals surface area contributed by atoms with Crippen LogP contribution < -0.4 is 10.1 Å². The second-order valence-electron chi connectivity index (χ2n) is 7.55. The summed E-state index contributed by atoms with van der Waals surface area (Å²) in [4.78, 5) is 16.9. The Hall–Kier alpha value is -3.45. The van der Waals surface area contributed by atoms with Crippen molar-refractivity contribution in [2.75, 3.05) is 6.54 Å². The van der Waals surface area contributed by atoms with Crippen molar-refractivity contribution in [1.82, 2.24) is 20.1 Å². The summed E-state index contributed by atoms with van der Waals surface area (Å²) in [6, 6.07) is 17.3. The first-order chi connectivity index (χ1) is 15.6. The summed E-state index contributed by atoms with van der Waals surface area (Å²) in [5, 5.41) is 10.6. The number of para-hydroxylation sites is 1. The van der Waals surface area contributed by atoms with E-state index in [1.54, 1.807) is 23.5 Å². The zero-order valence-electron chi connectivity index (χ0n) is 18.2. The lowest BCUT2D eigenvalue weighted by Gasteiger charge is -2.08. The molecule has 0 atom stereocenters. The SMILES string of the molecule is Cc1nc(COc2cccc(C(=O)NCCCc3cn(-c4ccccc4)nc3C)c2)cs1. The minimum atomic E-state index is -0.100. The van der Waals surface area contributed by atoms with Gasteiger partial charge in [0.05, 0.1) is 22.1 Å². The largest absolute Gasteiger partial charge is 0.487 e. The molecule has 0 fully saturated rings. The van der Waals surface area contributed by atoms with Crippen molar-refractivity contribution in [2.45, 2.75) is 33.3 Å². The van der Waals surface area contributed by atoms with Crippen LogP contribution in [0.4, 0.5) is 0 Å². The molecule has 0 radical (unpaired) electrons. The molecule has 32 heavy (non-hydrogen) atoms. The number of aryl methyl sites for hydroxylation is 3. The smallest absolute Gasteiger partial charge is 0.251 e. The van der Waals surface area contributed by atoms with Gasteiger partial charge in [-0.1, -0.05) is 24.3 Å². The average Bonchev–Trinajstić information content (AvgIpc) is 3.41. The number of amides is 1. The van der Waals surface area contributed by atoms with Gasteiger partial charge in [-0.25, -0.2) is 9.67 Å². The number of rotatable bonds is 9. The summed E-state index contributed by atoms with van der Waals surface area (Å²) in [5.41, 5.74) is 4.73. The third-order valence-electron chi connectivity index (χ3n) is 5.08. The van der Waals surface area contributed by atoms with Crippen LogP contribution in [0.1, 0.15) is 38.7 Å². The van der Waals surface area contributed by atoms with Crippen LogP contribution in [0.25, 0.3) is 5.69 Å². The standard InChI is InChI=1S/C25H26N4O2S/c1-18-21(15-29(28-18)23-10-4-3-5-11-23)9-7-13-26-25(30)20-8-6-12-24(14-20)31-16-22-17-32-19(2)27-22/h3-6,8,10-12,14-15,17H,7,9,13,16H2,1-2H3,(H,26,30). The highest BCUT2D eigenvalue weighted by Gasteiger charge is 2.09. The Labute approximate surface area is 191 Å². The molecule has 0 unspecified atom stereocenters. The molecule has 0 aliphatic heterocycles. The molecule has 4 rings (SSSR count). The van der Waals surface area contributed by atoms with Crippen LogP contribution in [0, 0.1) is 13.8 Å². The summed E-state index contributed by atoms with van der Waals surface area (Å²) < 4.78 is 7.69. The van der Waals surface area contributed by atoms with Gasteiger partial charge in [0.25, 0.3) is 5.91 Å². The molecule has 4 aromatic rings. The highest BCUT2D eigenvalue weighted by Crippen LogP contribution is 2.17. The van der Waals surface area contributed by atoms with Crippen molar-refractivity contribution < 1.29 is 9.53 Å². The van der Waals surface area contributed by atoms with Crippen molar-refractivity contribution in [3.8, 4) is 11.4 Å². The molecule has 2 aromatic heterocycles. The van der Waals surface area contributed by atoms with E-state index in [4.69, 9.17) is 4.74 Å². The van der Waals surface area contributed by atoms with Crippen LogP contribution in [-0.4, -0.2) is 27.2 Å². The zero-order chi connectivity index (χ0) is 22.3. The van der Waals surface area contributed by atoms with Crippen molar-refractivity contribution in [1.29, 1.82) is 0 Å². The van der Waals surface area contributed by atoms with Crippen molar-refractivity contribution in [3.05, 3.63) is 93.7 Å². The van der Waals surface area contributed by atoms with Gasteiger partial charge in [-0.05, 0) is 62.6 Å². The predicted molar refractivity (Wildman–Crippen MR) is 127 cm³/mol. The third kappa shape index (κ3) is 5.62. The lowest BCUT2D eigenvalue weighted by Crippen LogP contribution is -2.24. The quantitative estimate of drug-likeness (QED) is 0.372. The minimum Gasteiger partial charge on any atom is -0.487 e. The maximum atomic E-state index is 12.5. The number of carbonyl (C=O) groups is 1. The van der Waals surface area contributed by atoms with Gasteiger partial charge in [0.1, 0.15) is 12.4 Å². The molecule has 7 heteroatoms. The molecule has 0 aliphatic rings. The Morgan fingerprint density at radius 1 is 1.12 bits per heavy atom. The van der Waals surface area contributed by atoms with E-state index in [0.29, 0.717) is 24.5 Å². The van der Waals surface area contributed by atoms with E-state index >= 15 is 0 Å². The monoisotopic (exact) mass is 446 g/mol. The summed E-state index contributed by atoms with van der Waals surface area (Å²) in [6.45, 7) is 4.98. The Morgan fingerprint density at radius 2 is 1.97 bits per heavy atom. The molecular formula is C25H26N4O2S. The highest BCUT2D eigenvalue weighted by molar-refractivity contribution is 7.09. The second kappa shape index (κ2) is 10.2. The zero-order valence-corrected chi connectivity index (χ0v) is 19.1. The van der Waals surface area contributed by atoms with Gasteiger partial charge < -0.3 is 10.1 Å². The molecular weight excluding hydrogens is 420 g/mol. The van der Waals surface area contributed by atoms with Crippen LogP contribution in [-0.2, 0) is 13.0 Å². The van der Waals surface area contributed by atoms with Gasteiger partial charge in [0, 0.05) is 23.7 Å². The number of thiazole rings is 1. The van der Waals surface area contributed by atoms with Crippen LogP contribution in [0.15, 0.2) is 66.2 Å². The van der Waals surface area contributed by atoms with Crippen LogP contribution in [0.2, 0.25) is 0 Å². The third-order valence-corrected chi connectivity index (χ3v) is 5.90. The fourth-order valence-corrected chi connectivity index (χ4v) is 3.99. The molecule has 0 bridgehead atoms. The van der Waals surface area contributed by atoms with Crippen molar-refractivity contribution in [3.63, 3.8) is 0 Å². The van der Waals surface area contributed by atoms with Gasteiger partial charge in [-0.3, -0.25) is 4.79 Å². The maximum Gasteiger partial charge on any atom is 0.251 e. The second-order valence-corrected chi connectivity index (χ2v) is 8.62. The summed E-state index contributed by atoms with van der Waals surface area (Å²) in [7, 11) is 0. The van der Waals surface area contributed by atoms with E-state index in [2.05, 4.69) is 21.6 Å². The first-order valence-corrected chi connectivity index (χ1v) is 11.5. The van der Waals surface area contributed by atoms with Gasteiger partial charge in [-0.2, -0.15) is 5.10 Å². The molecule has 2 heterocycles. The number of nitrogens with one attached hydrogen (secondary N) is 1. The number of aromatic nitrogens is 3. The molecule has 0 saturated heterocycles. The van der Waals surface area contributed by atoms with E-state index in [1.807, 2.05) is 66.4 Å². The van der Waals surface area contributed by atoms with Gasteiger partial charge in [0.15, 0.2) is 0 Å². The number of ether oxygens (including phenoxy) is 1. The van der Waals surface area contributed by atoms with Crippen LogP contribution in [0.5, 0.6) is 5.75 Å². The minimum absolute atomic E-state index is 0.100. The number of benzene rings is 2. The molecule has 164 valence electrons. The van der Waals surface area contributed by atoms with Crippen LogP contribution in [0.3, 0.4) is 0 Å². The highest BCUT2D eigenvalue weighted by atomic mass is 32.1. The van der Waals surface area contributed by atoms with Gasteiger partial charge >= 0.3 is 0 Å². The number of nitrogens with zero attached hydrogens (tertiary/aromatic N) is 3. The average molecular weight is 447 g/mol. The summed E-state index contributed by atoms with van der Waals surface area (Å²) >= 11 is 1.60. The first-order valence-electron chi connectivity index (χ1n) is 10.6. The molecule has 0 aliphatic carbocycles. The fourth-order valence-electron chi connectivity index (χ4n) is 3.40. The molecule has 0 spiro atoms. The Morgan fingerprint density at radius 3 is 2.75 bits per heavy atom. The van der Waals surface area contributed by atoms with Gasteiger partial charge in [0.2, 0.25) is 0 Å². The van der Waals surface area contributed by atoms with E-state index in [9.17, 15) is 4.79 Å². The van der Waals surface area contributed by atoms with E-state index < -0.39 is 0 Å². The Kier molecular flexibility index (Phi) is 6.97. The topological polar surface area (TPSA) is 69.0 Å². The fraction of sp³-hybridized carbons (Fsp3) is 0.240.